The molecule has 0 aliphatic carbocycles. The van der Waals surface area contributed by atoms with E-state index in [2.05, 4.69) is 9.47 Å². The molecule has 0 amide bonds. The highest BCUT2D eigenvalue weighted by atomic mass is 19.3. The van der Waals surface area contributed by atoms with Crippen molar-refractivity contribution in [2.45, 2.75) is 64.2 Å². The van der Waals surface area contributed by atoms with Crippen molar-refractivity contribution in [1.29, 1.82) is 0 Å². The van der Waals surface area contributed by atoms with Crippen LogP contribution in [0.3, 0.4) is 0 Å². The van der Waals surface area contributed by atoms with Gasteiger partial charge in [-0.1, -0.05) is 26.7 Å². The molecule has 0 aliphatic rings. The van der Waals surface area contributed by atoms with Gasteiger partial charge in [-0.25, -0.2) is 22.4 Å². The van der Waals surface area contributed by atoms with Crippen LogP contribution >= 0.6 is 0 Å². The van der Waals surface area contributed by atoms with Crippen LogP contribution in [0.4, 0.5) is 22.4 Å². The Morgan fingerprint density at radius 2 is 1.20 bits per heavy atom. The average Bonchev–Trinajstić information content (AvgIpc) is 2.39. The maximum Gasteiger partial charge on any atom is 0.508 e. The highest BCUT2D eigenvalue weighted by Crippen LogP contribution is 2.23. The summed E-state index contributed by atoms with van der Waals surface area (Å²) in [6.07, 6.45) is -0.557. The molecule has 0 aromatic carbocycles. The Morgan fingerprint density at radius 3 is 1.50 bits per heavy atom. The molecule has 3 nitrogen and oxygen atoms in total. The van der Waals surface area contributed by atoms with Crippen LogP contribution < -0.4 is 0 Å². The maximum atomic E-state index is 13.1. The summed E-state index contributed by atoms with van der Waals surface area (Å²) in [6.45, 7) is 1.21. The zero-order chi connectivity index (χ0) is 15.6. The number of carbonyl (C=O) groups is 1. The minimum Gasteiger partial charge on any atom is -0.428 e. The fourth-order valence-electron chi connectivity index (χ4n) is 1.39. The molecule has 0 saturated heterocycles. The highest BCUT2D eigenvalue weighted by Gasteiger charge is 2.33. The van der Waals surface area contributed by atoms with Gasteiger partial charge in [0.25, 0.3) is 11.8 Å². The summed E-state index contributed by atoms with van der Waals surface area (Å²) in [5.41, 5.74) is 0. The molecule has 120 valence electrons. The van der Waals surface area contributed by atoms with Crippen molar-refractivity contribution in [3.8, 4) is 0 Å². The van der Waals surface area contributed by atoms with Crippen molar-refractivity contribution in [2.75, 3.05) is 13.2 Å². The molecular formula is C13H22F4O3. The van der Waals surface area contributed by atoms with Gasteiger partial charge in [-0.15, -0.1) is 0 Å². The van der Waals surface area contributed by atoms with Crippen LogP contribution in [0.1, 0.15) is 52.4 Å². The van der Waals surface area contributed by atoms with Gasteiger partial charge in [0.2, 0.25) is 0 Å². The minimum absolute atomic E-state index is 0.292. The summed E-state index contributed by atoms with van der Waals surface area (Å²) in [6, 6.07) is 0. The van der Waals surface area contributed by atoms with Gasteiger partial charge in [0, 0.05) is 12.8 Å². The van der Waals surface area contributed by atoms with Crippen LogP contribution in [0.2, 0.25) is 0 Å². The van der Waals surface area contributed by atoms with Crippen molar-refractivity contribution in [2.24, 2.45) is 0 Å². The lowest BCUT2D eigenvalue weighted by Gasteiger charge is -2.18. The van der Waals surface area contributed by atoms with E-state index in [0.717, 1.165) is 0 Å². The Labute approximate surface area is 116 Å². The van der Waals surface area contributed by atoms with Crippen LogP contribution in [0.15, 0.2) is 0 Å². The topological polar surface area (TPSA) is 35.5 Å². The van der Waals surface area contributed by atoms with E-state index in [1.165, 1.54) is 0 Å². The molecule has 0 N–H and O–H groups in total. The Balaban J connectivity index is 3.94. The van der Waals surface area contributed by atoms with Crippen LogP contribution in [0.5, 0.6) is 0 Å². The number of carbonyl (C=O) groups excluding carboxylic acids is 1. The van der Waals surface area contributed by atoms with Crippen molar-refractivity contribution < 1.29 is 31.8 Å². The molecule has 0 bridgehead atoms. The van der Waals surface area contributed by atoms with Crippen molar-refractivity contribution in [3.05, 3.63) is 0 Å². The molecule has 0 radical (unpaired) electrons. The number of hydrogen-bond donors (Lipinski definition) is 0. The molecule has 0 spiro atoms. The van der Waals surface area contributed by atoms with Gasteiger partial charge >= 0.3 is 6.16 Å². The van der Waals surface area contributed by atoms with Gasteiger partial charge in [0.15, 0.2) is 13.2 Å². The molecule has 0 atom stereocenters. The average molecular weight is 302 g/mol. The van der Waals surface area contributed by atoms with Gasteiger partial charge in [0.1, 0.15) is 0 Å². The third-order valence-electron chi connectivity index (χ3n) is 2.59. The predicted octanol–water partition coefficient (Wildman–Crippen LogP) is 4.79. The monoisotopic (exact) mass is 302 g/mol. The SMILES string of the molecule is CCCCC(F)(F)COC(=O)OCC(F)(F)CCCC. The van der Waals surface area contributed by atoms with Gasteiger partial charge in [-0.05, 0) is 12.8 Å². The number of unbranched alkanes of at least 4 members (excludes halogenated alkanes) is 2. The first-order chi connectivity index (χ1) is 9.22. The number of halogens is 4. The van der Waals surface area contributed by atoms with E-state index >= 15 is 0 Å². The van der Waals surface area contributed by atoms with E-state index in [-0.39, 0.29) is 0 Å². The second-order valence-electron chi connectivity index (χ2n) is 4.75. The first kappa shape index (κ1) is 19.0. The number of ether oxygens (including phenoxy) is 2. The van der Waals surface area contributed by atoms with Gasteiger partial charge in [0.05, 0.1) is 0 Å². The first-order valence-electron chi connectivity index (χ1n) is 6.77. The Morgan fingerprint density at radius 1 is 0.850 bits per heavy atom. The standard InChI is InChI=1S/C13H22F4O3/c1-3-5-7-12(14,15)9-19-11(18)20-10-13(16,17)8-6-4-2/h3-10H2,1-2H3. The molecule has 0 aromatic rings. The first-order valence-corrected chi connectivity index (χ1v) is 6.77. The molecule has 20 heavy (non-hydrogen) atoms. The van der Waals surface area contributed by atoms with Crippen molar-refractivity contribution in [1.82, 2.24) is 0 Å². The molecule has 0 rings (SSSR count). The highest BCUT2D eigenvalue weighted by molar-refractivity contribution is 5.59. The lowest BCUT2D eigenvalue weighted by Crippen LogP contribution is -2.29. The normalized spacial score (nSPS) is 12.3. The van der Waals surface area contributed by atoms with E-state index in [9.17, 15) is 22.4 Å². The summed E-state index contributed by atoms with van der Waals surface area (Å²) in [5.74, 6) is -6.31. The molecule has 0 aromatic heterocycles. The molecule has 7 heteroatoms. The summed E-state index contributed by atoms with van der Waals surface area (Å²) in [4.78, 5) is 11.0. The van der Waals surface area contributed by atoms with Crippen molar-refractivity contribution in [3.63, 3.8) is 0 Å². The number of alkyl halides is 4. The number of rotatable bonds is 10. The molecule has 0 fully saturated rings. The van der Waals surface area contributed by atoms with Crippen LogP contribution in [0, 0.1) is 0 Å². The molecule has 0 aliphatic heterocycles. The van der Waals surface area contributed by atoms with Gasteiger partial charge in [-0.2, -0.15) is 0 Å². The summed E-state index contributed by atoms with van der Waals surface area (Å²) in [7, 11) is 0. The predicted molar refractivity (Wildman–Crippen MR) is 66.2 cm³/mol. The second-order valence-corrected chi connectivity index (χ2v) is 4.75. The summed E-state index contributed by atoms with van der Waals surface area (Å²) >= 11 is 0. The van der Waals surface area contributed by atoms with Gasteiger partial charge < -0.3 is 9.47 Å². The molecule has 0 saturated carbocycles. The largest absolute Gasteiger partial charge is 0.508 e. The second kappa shape index (κ2) is 9.02. The van der Waals surface area contributed by atoms with E-state index < -0.39 is 44.1 Å². The molecular weight excluding hydrogens is 280 g/mol. The quantitative estimate of drug-likeness (QED) is 0.430. The van der Waals surface area contributed by atoms with E-state index in [1.807, 2.05) is 0 Å². The fraction of sp³-hybridized carbons (Fsp3) is 0.923. The van der Waals surface area contributed by atoms with E-state index in [0.29, 0.717) is 25.7 Å². The Bertz CT molecular complexity index is 257. The summed E-state index contributed by atoms with van der Waals surface area (Å²) < 4.78 is 60.8. The van der Waals surface area contributed by atoms with Crippen LogP contribution in [-0.2, 0) is 9.47 Å². The van der Waals surface area contributed by atoms with Crippen LogP contribution in [-0.4, -0.2) is 31.2 Å². The minimum atomic E-state index is -3.15. The Hall–Kier alpha value is -1.01. The molecule has 0 heterocycles. The van der Waals surface area contributed by atoms with E-state index in [1.54, 1.807) is 13.8 Å². The van der Waals surface area contributed by atoms with Crippen LogP contribution in [0.25, 0.3) is 0 Å². The smallest absolute Gasteiger partial charge is 0.428 e. The zero-order valence-corrected chi connectivity index (χ0v) is 11.9. The Kier molecular flexibility index (Phi) is 8.57. The third-order valence-corrected chi connectivity index (χ3v) is 2.59. The third kappa shape index (κ3) is 9.86. The lowest BCUT2D eigenvalue weighted by molar-refractivity contribution is -0.0988. The molecule has 0 unspecified atom stereocenters. The lowest BCUT2D eigenvalue weighted by atomic mass is 10.1. The van der Waals surface area contributed by atoms with Gasteiger partial charge in [-0.3, -0.25) is 0 Å². The maximum absolute atomic E-state index is 13.1. The van der Waals surface area contributed by atoms with E-state index in [4.69, 9.17) is 0 Å². The number of hydrogen-bond acceptors (Lipinski definition) is 3. The van der Waals surface area contributed by atoms with Crippen molar-refractivity contribution >= 4 is 6.16 Å². The fourth-order valence-corrected chi connectivity index (χ4v) is 1.39. The summed E-state index contributed by atoms with van der Waals surface area (Å²) in [5, 5.41) is 0. The zero-order valence-electron chi connectivity index (χ0n) is 11.9.